The van der Waals surface area contributed by atoms with E-state index in [1.54, 1.807) is 0 Å². The van der Waals surface area contributed by atoms with Gasteiger partial charge < -0.3 is 10.1 Å². The average molecular weight is 364 g/mol. The van der Waals surface area contributed by atoms with Crippen LogP contribution in [0.3, 0.4) is 0 Å². The minimum atomic E-state index is -0.859. The Hall–Kier alpha value is -1.59. The predicted octanol–water partition coefficient (Wildman–Crippen LogP) is 3.25. The number of carbonyl (C=O) groups is 3. The van der Waals surface area contributed by atoms with Crippen LogP contribution in [-0.2, 0) is 14.3 Å². The van der Waals surface area contributed by atoms with Gasteiger partial charge >= 0.3 is 12.0 Å². The van der Waals surface area contributed by atoms with Gasteiger partial charge in [0, 0.05) is 0 Å². The Bertz CT molecular complexity index is 582. The summed E-state index contributed by atoms with van der Waals surface area (Å²) in [7, 11) is 0. The lowest BCUT2D eigenvalue weighted by molar-refractivity contribution is -0.149. The quantitative estimate of drug-likeness (QED) is 0.614. The van der Waals surface area contributed by atoms with Crippen molar-refractivity contribution in [1.82, 2.24) is 10.2 Å². The first-order valence-corrected chi connectivity index (χ1v) is 10.0. The zero-order chi connectivity index (χ0) is 18.9. The van der Waals surface area contributed by atoms with Crippen molar-refractivity contribution in [2.24, 2.45) is 17.3 Å². The molecule has 1 aliphatic heterocycles. The second-order valence-electron chi connectivity index (χ2n) is 9.45. The Morgan fingerprint density at radius 2 is 1.88 bits per heavy atom. The molecule has 1 heterocycles. The van der Waals surface area contributed by atoms with Crippen molar-refractivity contribution < 1.29 is 19.1 Å². The summed E-state index contributed by atoms with van der Waals surface area (Å²) < 4.78 is 5.37. The molecule has 2 atom stereocenters. The summed E-state index contributed by atoms with van der Waals surface area (Å²) in [4.78, 5) is 38.7. The second-order valence-corrected chi connectivity index (χ2v) is 9.45. The molecule has 0 aromatic carbocycles. The Morgan fingerprint density at radius 1 is 1.19 bits per heavy atom. The van der Waals surface area contributed by atoms with Crippen LogP contribution in [0.5, 0.6) is 0 Å². The third-order valence-corrected chi connectivity index (χ3v) is 6.12. The number of nitrogens with zero attached hydrogens (tertiary/aromatic N) is 1. The molecule has 2 aliphatic carbocycles. The first-order valence-electron chi connectivity index (χ1n) is 10.0. The molecule has 0 radical (unpaired) electrons. The maximum Gasteiger partial charge on any atom is 0.326 e. The van der Waals surface area contributed by atoms with Crippen LogP contribution in [0.25, 0.3) is 0 Å². The number of urea groups is 1. The summed E-state index contributed by atoms with van der Waals surface area (Å²) in [6.45, 7) is 6.49. The van der Waals surface area contributed by atoms with Gasteiger partial charge in [0.2, 0.25) is 0 Å². The first kappa shape index (κ1) is 19.2. The lowest BCUT2D eigenvalue weighted by Crippen LogP contribution is -2.54. The fourth-order valence-corrected chi connectivity index (χ4v) is 5.39. The maximum atomic E-state index is 13.0. The number of amides is 3. The average Bonchev–Trinajstić information content (AvgIpc) is 2.75. The molecule has 3 aliphatic rings. The number of rotatable bonds is 4. The minimum absolute atomic E-state index is 0.0158. The fraction of sp³-hybridized carbons (Fsp3) is 0.850. The summed E-state index contributed by atoms with van der Waals surface area (Å²) in [5.74, 6) is 0.0133. The van der Waals surface area contributed by atoms with Gasteiger partial charge in [-0.2, -0.15) is 0 Å². The molecule has 0 aromatic heterocycles. The van der Waals surface area contributed by atoms with Crippen molar-refractivity contribution in [2.45, 2.75) is 77.7 Å². The van der Waals surface area contributed by atoms with E-state index in [1.807, 2.05) is 0 Å². The highest BCUT2D eigenvalue weighted by molar-refractivity contribution is 6.08. The molecule has 3 fully saturated rings. The molecule has 2 saturated carbocycles. The number of hydrogen-bond donors (Lipinski definition) is 1. The van der Waals surface area contributed by atoms with Crippen molar-refractivity contribution in [3.8, 4) is 0 Å². The highest BCUT2D eigenvalue weighted by Crippen LogP contribution is 2.46. The first-order chi connectivity index (χ1) is 12.2. The van der Waals surface area contributed by atoms with Gasteiger partial charge in [-0.15, -0.1) is 0 Å². The zero-order valence-electron chi connectivity index (χ0n) is 16.3. The standard InChI is InChI=1S/C20H32N2O4/c1-14-9-19(2,3)13-20(10-14)17(24)22(18(25)21-20)11-16(23)26-12-15-7-5-4-6-8-15/h14-15H,4-13H2,1-3H3,(H,21,25)/t14-,20-/m1/s1. The van der Waals surface area contributed by atoms with E-state index in [0.29, 0.717) is 31.3 Å². The molecule has 3 amide bonds. The van der Waals surface area contributed by atoms with Crippen molar-refractivity contribution >= 4 is 17.9 Å². The van der Waals surface area contributed by atoms with Crippen LogP contribution in [0.2, 0.25) is 0 Å². The van der Waals surface area contributed by atoms with Crippen LogP contribution in [0, 0.1) is 17.3 Å². The van der Waals surface area contributed by atoms with E-state index in [0.717, 1.165) is 24.2 Å². The summed E-state index contributed by atoms with van der Waals surface area (Å²) in [5.41, 5.74) is -0.875. The van der Waals surface area contributed by atoms with Crippen molar-refractivity contribution in [3.63, 3.8) is 0 Å². The van der Waals surface area contributed by atoms with Crippen molar-refractivity contribution in [2.75, 3.05) is 13.2 Å². The van der Waals surface area contributed by atoms with E-state index in [-0.39, 0.29) is 17.9 Å². The molecule has 6 nitrogen and oxygen atoms in total. The van der Waals surface area contributed by atoms with E-state index in [2.05, 4.69) is 26.1 Å². The molecule has 1 N–H and O–H groups in total. The van der Waals surface area contributed by atoms with E-state index in [4.69, 9.17) is 4.74 Å². The Kier molecular flexibility index (Phi) is 5.31. The molecular weight excluding hydrogens is 332 g/mol. The fourth-order valence-electron chi connectivity index (χ4n) is 5.39. The SMILES string of the molecule is C[C@@H]1CC(C)(C)C[C@@]2(C1)NC(=O)N(CC(=O)OCC1CCCCC1)C2=O. The van der Waals surface area contributed by atoms with Crippen LogP contribution < -0.4 is 5.32 Å². The van der Waals surface area contributed by atoms with Gasteiger partial charge in [0.25, 0.3) is 5.91 Å². The van der Waals surface area contributed by atoms with Gasteiger partial charge in [0.05, 0.1) is 6.61 Å². The molecule has 3 rings (SSSR count). The van der Waals surface area contributed by atoms with Gasteiger partial charge in [-0.1, -0.05) is 40.0 Å². The van der Waals surface area contributed by atoms with Crippen LogP contribution in [0.1, 0.15) is 72.1 Å². The molecule has 1 spiro atoms. The molecule has 0 unspecified atom stereocenters. The number of carbonyl (C=O) groups excluding carboxylic acids is 3. The summed E-state index contributed by atoms with van der Waals surface area (Å²) in [5, 5.41) is 2.90. The molecule has 146 valence electrons. The molecule has 1 saturated heterocycles. The molecule has 0 aromatic rings. The third kappa shape index (κ3) is 4.04. The Balaban J connectivity index is 1.59. The predicted molar refractivity (Wildman–Crippen MR) is 97.3 cm³/mol. The highest BCUT2D eigenvalue weighted by Gasteiger charge is 2.56. The number of hydrogen-bond acceptors (Lipinski definition) is 4. The number of nitrogens with one attached hydrogen (secondary N) is 1. The van der Waals surface area contributed by atoms with Gasteiger partial charge in [-0.05, 0) is 49.4 Å². The topological polar surface area (TPSA) is 75.7 Å². The van der Waals surface area contributed by atoms with E-state index >= 15 is 0 Å². The van der Waals surface area contributed by atoms with Gasteiger partial charge in [-0.25, -0.2) is 4.79 Å². The van der Waals surface area contributed by atoms with Crippen LogP contribution >= 0.6 is 0 Å². The molecule has 0 bridgehead atoms. The lowest BCUT2D eigenvalue weighted by atomic mass is 9.64. The Labute approximate surface area is 156 Å². The van der Waals surface area contributed by atoms with Crippen molar-refractivity contribution in [3.05, 3.63) is 0 Å². The maximum absolute atomic E-state index is 13.0. The van der Waals surface area contributed by atoms with Gasteiger partial charge in [-0.3, -0.25) is 14.5 Å². The second kappa shape index (κ2) is 7.20. The van der Waals surface area contributed by atoms with Crippen LogP contribution in [0.4, 0.5) is 4.79 Å². The monoisotopic (exact) mass is 364 g/mol. The van der Waals surface area contributed by atoms with E-state index < -0.39 is 17.5 Å². The molecule has 6 heteroatoms. The van der Waals surface area contributed by atoms with Crippen molar-refractivity contribution in [1.29, 1.82) is 0 Å². The normalized spacial score (nSPS) is 32.0. The molecule has 26 heavy (non-hydrogen) atoms. The summed E-state index contributed by atoms with van der Waals surface area (Å²) >= 11 is 0. The minimum Gasteiger partial charge on any atom is -0.464 e. The highest BCUT2D eigenvalue weighted by atomic mass is 16.5. The summed E-state index contributed by atoms with van der Waals surface area (Å²) in [6.07, 6.45) is 8.08. The Morgan fingerprint density at radius 3 is 2.54 bits per heavy atom. The smallest absolute Gasteiger partial charge is 0.326 e. The number of imide groups is 1. The van der Waals surface area contributed by atoms with E-state index in [1.165, 1.54) is 19.3 Å². The van der Waals surface area contributed by atoms with Gasteiger partial charge in [0.15, 0.2) is 0 Å². The van der Waals surface area contributed by atoms with Crippen LogP contribution in [-0.4, -0.2) is 41.5 Å². The van der Waals surface area contributed by atoms with Crippen LogP contribution in [0.15, 0.2) is 0 Å². The molecular formula is C20H32N2O4. The third-order valence-electron chi connectivity index (χ3n) is 6.12. The largest absolute Gasteiger partial charge is 0.464 e. The lowest BCUT2D eigenvalue weighted by Gasteiger charge is -2.43. The van der Waals surface area contributed by atoms with E-state index in [9.17, 15) is 14.4 Å². The summed E-state index contributed by atoms with van der Waals surface area (Å²) in [6, 6.07) is -0.463. The number of esters is 1. The van der Waals surface area contributed by atoms with Gasteiger partial charge in [0.1, 0.15) is 12.1 Å². The zero-order valence-corrected chi connectivity index (χ0v) is 16.3. The number of ether oxygens (including phenoxy) is 1.